The number of hydrogen-bond acceptors (Lipinski definition) is 4. The zero-order valence-corrected chi connectivity index (χ0v) is 11.7. The van der Waals surface area contributed by atoms with Gasteiger partial charge >= 0.3 is 0 Å². The zero-order chi connectivity index (χ0) is 13.3. The molecule has 1 aliphatic heterocycles. The largest absolute Gasteiger partial charge is 0.376 e. The lowest BCUT2D eigenvalue weighted by molar-refractivity contribution is 0.118. The van der Waals surface area contributed by atoms with Crippen LogP contribution in [-0.4, -0.2) is 30.8 Å². The third kappa shape index (κ3) is 2.35. The van der Waals surface area contributed by atoms with Crippen LogP contribution in [0, 0.1) is 13.8 Å². The molecule has 4 nitrogen and oxygen atoms in total. The van der Waals surface area contributed by atoms with Crippen molar-refractivity contribution in [1.29, 1.82) is 0 Å². The van der Waals surface area contributed by atoms with E-state index >= 15 is 0 Å². The number of hydrogen-bond donors (Lipinski definition) is 1. The minimum atomic E-state index is 0.273. The predicted octanol–water partition coefficient (Wildman–Crippen LogP) is 1.77. The maximum atomic E-state index is 5.87. The summed E-state index contributed by atoms with van der Waals surface area (Å²) >= 11 is 0. The van der Waals surface area contributed by atoms with Gasteiger partial charge in [-0.25, -0.2) is 0 Å². The number of rotatable bonds is 3. The lowest BCUT2D eigenvalue weighted by Gasteiger charge is -2.31. The molecule has 0 amide bonds. The summed E-state index contributed by atoms with van der Waals surface area (Å²) in [7, 11) is 2.13. The smallest absolute Gasteiger partial charge is 0.0750 e. The third-order valence-corrected chi connectivity index (χ3v) is 3.85. The van der Waals surface area contributed by atoms with Crippen molar-refractivity contribution in [1.82, 2.24) is 4.98 Å². The number of ether oxygens (including phenoxy) is 1. The second-order valence-electron chi connectivity index (χ2n) is 5.09. The van der Waals surface area contributed by atoms with Crippen molar-refractivity contribution in [2.45, 2.75) is 45.9 Å². The van der Waals surface area contributed by atoms with E-state index in [1.54, 1.807) is 0 Å². The second-order valence-corrected chi connectivity index (χ2v) is 5.09. The van der Waals surface area contributed by atoms with Gasteiger partial charge in [0.1, 0.15) is 0 Å². The molecule has 0 aromatic carbocycles. The minimum absolute atomic E-state index is 0.273. The Morgan fingerprint density at radius 3 is 2.78 bits per heavy atom. The average molecular weight is 249 g/mol. The van der Waals surface area contributed by atoms with E-state index in [2.05, 4.69) is 29.9 Å². The van der Waals surface area contributed by atoms with Crippen LogP contribution in [0.4, 0.5) is 5.69 Å². The summed E-state index contributed by atoms with van der Waals surface area (Å²) in [5, 5.41) is 0. The molecule has 0 radical (unpaired) electrons. The van der Waals surface area contributed by atoms with Crippen molar-refractivity contribution in [3.05, 3.63) is 23.0 Å². The molecule has 1 aromatic heterocycles. The molecule has 2 N–H and O–H groups in total. The molecule has 0 bridgehead atoms. The molecule has 1 aromatic rings. The lowest BCUT2D eigenvalue weighted by atomic mass is 10.1. The van der Waals surface area contributed by atoms with Gasteiger partial charge in [-0.05, 0) is 33.3 Å². The first-order valence-electron chi connectivity index (χ1n) is 6.56. The monoisotopic (exact) mass is 249 g/mol. The lowest BCUT2D eigenvalue weighted by Crippen LogP contribution is -2.37. The summed E-state index contributed by atoms with van der Waals surface area (Å²) < 4.78 is 5.65. The fourth-order valence-corrected chi connectivity index (χ4v) is 2.81. The van der Waals surface area contributed by atoms with Crippen LogP contribution in [0.2, 0.25) is 0 Å². The molecular formula is C14H23N3O. The summed E-state index contributed by atoms with van der Waals surface area (Å²) in [6, 6.07) is 2.55. The molecule has 1 aliphatic rings. The van der Waals surface area contributed by atoms with Gasteiger partial charge in [0.25, 0.3) is 0 Å². The van der Waals surface area contributed by atoms with Crippen molar-refractivity contribution in [3.8, 4) is 0 Å². The standard InChI is InChI=1S/C14H23N3O/c1-9-7-14(12(8-15)10(2)16-9)17(4)13-5-6-18-11(13)3/h7,11,13H,5-6,8,15H2,1-4H3. The van der Waals surface area contributed by atoms with Crippen LogP contribution in [-0.2, 0) is 11.3 Å². The van der Waals surface area contributed by atoms with Gasteiger partial charge in [-0.3, -0.25) is 4.98 Å². The first-order chi connectivity index (χ1) is 8.54. The Hall–Kier alpha value is -1.13. The third-order valence-electron chi connectivity index (χ3n) is 3.85. The molecule has 0 saturated carbocycles. The Bertz CT molecular complexity index is 433. The minimum Gasteiger partial charge on any atom is -0.376 e. The van der Waals surface area contributed by atoms with Crippen LogP contribution in [0.5, 0.6) is 0 Å². The highest BCUT2D eigenvalue weighted by atomic mass is 16.5. The SMILES string of the molecule is Cc1cc(N(C)C2CCOC2C)c(CN)c(C)n1. The number of aromatic nitrogens is 1. The number of anilines is 1. The number of nitrogens with two attached hydrogens (primary N) is 1. The van der Waals surface area contributed by atoms with E-state index in [4.69, 9.17) is 10.5 Å². The Labute approximate surface area is 109 Å². The molecule has 0 spiro atoms. The number of aryl methyl sites for hydroxylation is 2. The molecule has 2 heterocycles. The van der Waals surface area contributed by atoms with Crippen molar-refractivity contribution in [2.24, 2.45) is 5.73 Å². The van der Waals surface area contributed by atoms with Crippen LogP contribution >= 0.6 is 0 Å². The molecule has 1 fully saturated rings. The van der Waals surface area contributed by atoms with Gasteiger partial charge in [0.15, 0.2) is 0 Å². The second kappa shape index (κ2) is 5.24. The van der Waals surface area contributed by atoms with E-state index < -0.39 is 0 Å². The number of likely N-dealkylation sites (N-methyl/N-ethyl adjacent to an activating group) is 1. The van der Waals surface area contributed by atoms with Gasteiger partial charge in [0.05, 0.1) is 12.1 Å². The summed E-state index contributed by atoms with van der Waals surface area (Å²) in [6.45, 7) is 7.56. The molecule has 4 heteroatoms. The average Bonchev–Trinajstić information content (AvgIpc) is 2.73. The topological polar surface area (TPSA) is 51.4 Å². The Morgan fingerprint density at radius 2 is 2.22 bits per heavy atom. The molecule has 2 rings (SSSR count). The predicted molar refractivity (Wildman–Crippen MR) is 73.8 cm³/mol. The van der Waals surface area contributed by atoms with Crippen LogP contribution in [0.15, 0.2) is 6.07 Å². The van der Waals surface area contributed by atoms with Crippen molar-refractivity contribution in [2.75, 3.05) is 18.6 Å². The Kier molecular flexibility index (Phi) is 3.88. The fraction of sp³-hybridized carbons (Fsp3) is 0.643. The highest BCUT2D eigenvalue weighted by molar-refractivity contribution is 5.56. The summed E-state index contributed by atoms with van der Waals surface area (Å²) in [5.74, 6) is 0. The summed E-state index contributed by atoms with van der Waals surface area (Å²) in [6.07, 6.45) is 1.34. The van der Waals surface area contributed by atoms with Gasteiger partial charge in [-0.15, -0.1) is 0 Å². The molecule has 100 valence electrons. The quantitative estimate of drug-likeness (QED) is 0.887. The Balaban J connectivity index is 2.37. The maximum absolute atomic E-state index is 5.87. The van der Waals surface area contributed by atoms with Crippen LogP contribution in [0.3, 0.4) is 0 Å². The van der Waals surface area contributed by atoms with Crippen LogP contribution in [0.1, 0.15) is 30.3 Å². The molecule has 0 aliphatic carbocycles. The van der Waals surface area contributed by atoms with E-state index in [9.17, 15) is 0 Å². The van der Waals surface area contributed by atoms with E-state index in [0.29, 0.717) is 12.6 Å². The van der Waals surface area contributed by atoms with Crippen LogP contribution in [0.25, 0.3) is 0 Å². The molecule has 1 saturated heterocycles. The van der Waals surface area contributed by atoms with Gasteiger partial charge < -0.3 is 15.4 Å². The molecule has 18 heavy (non-hydrogen) atoms. The van der Waals surface area contributed by atoms with E-state index in [1.165, 1.54) is 5.69 Å². The number of nitrogens with zero attached hydrogens (tertiary/aromatic N) is 2. The molecule has 2 atom stereocenters. The normalized spacial score (nSPS) is 23.4. The van der Waals surface area contributed by atoms with Crippen molar-refractivity contribution >= 4 is 5.69 Å². The zero-order valence-electron chi connectivity index (χ0n) is 11.7. The van der Waals surface area contributed by atoms with Crippen molar-refractivity contribution in [3.63, 3.8) is 0 Å². The highest BCUT2D eigenvalue weighted by Crippen LogP contribution is 2.28. The Morgan fingerprint density at radius 1 is 1.50 bits per heavy atom. The van der Waals surface area contributed by atoms with Gasteiger partial charge in [0, 0.05) is 42.8 Å². The number of pyridine rings is 1. The van der Waals surface area contributed by atoms with E-state index in [1.807, 2.05) is 13.8 Å². The summed E-state index contributed by atoms with van der Waals surface area (Å²) in [4.78, 5) is 6.80. The van der Waals surface area contributed by atoms with Gasteiger partial charge in [0.2, 0.25) is 0 Å². The van der Waals surface area contributed by atoms with Gasteiger partial charge in [-0.1, -0.05) is 0 Å². The maximum Gasteiger partial charge on any atom is 0.0750 e. The van der Waals surface area contributed by atoms with E-state index in [-0.39, 0.29) is 6.10 Å². The first kappa shape index (κ1) is 13.3. The fourth-order valence-electron chi connectivity index (χ4n) is 2.81. The molecular weight excluding hydrogens is 226 g/mol. The molecule has 2 unspecified atom stereocenters. The van der Waals surface area contributed by atoms with Gasteiger partial charge in [-0.2, -0.15) is 0 Å². The first-order valence-corrected chi connectivity index (χ1v) is 6.56. The van der Waals surface area contributed by atoms with E-state index in [0.717, 1.165) is 30.0 Å². The van der Waals surface area contributed by atoms with Crippen LogP contribution < -0.4 is 10.6 Å². The summed E-state index contributed by atoms with van der Waals surface area (Å²) in [5.41, 5.74) is 10.3. The highest BCUT2D eigenvalue weighted by Gasteiger charge is 2.29. The van der Waals surface area contributed by atoms with Crippen molar-refractivity contribution < 1.29 is 4.74 Å².